The van der Waals surface area contributed by atoms with E-state index in [2.05, 4.69) is 5.32 Å². The van der Waals surface area contributed by atoms with Crippen LogP contribution in [0.3, 0.4) is 0 Å². The van der Waals surface area contributed by atoms with E-state index in [0.717, 1.165) is 33.5 Å². The van der Waals surface area contributed by atoms with Gasteiger partial charge in [0, 0.05) is 11.3 Å². The number of rotatable bonds is 1. The van der Waals surface area contributed by atoms with Gasteiger partial charge in [-0.15, -0.1) is 0 Å². The van der Waals surface area contributed by atoms with E-state index in [0.29, 0.717) is 11.7 Å². The molecule has 1 heterocycles. The molecule has 1 amide bonds. The molecule has 112 valence electrons. The van der Waals surface area contributed by atoms with Crippen molar-refractivity contribution < 1.29 is 4.79 Å². The minimum absolute atomic E-state index is 0.0398. The number of aryl methyl sites for hydroxylation is 3. The molecule has 0 aliphatic carbocycles. The number of hydrogen-bond acceptors (Lipinski definition) is 2. The number of thiocarbonyl (C=S) groups is 1. The Kier molecular flexibility index (Phi) is 3.71. The van der Waals surface area contributed by atoms with Crippen LogP contribution in [0, 0.1) is 20.8 Å². The van der Waals surface area contributed by atoms with Gasteiger partial charge in [-0.1, -0.05) is 35.9 Å². The van der Waals surface area contributed by atoms with Crippen molar-refractivity contribution in [3.8, 4) is 0 Å². The first-order valence-electron chi connectivity index (χ1n) is 7.26. The zero-order valence-electron chi connectivity index (χ0n) is 12.9. The van der Waals surface area contributed by atoms with Crippen LogP contribution in [-0.2, 0) is 6.54 Å². The Bertz CT molecular complexity index is 759. The van der Waals surface area contributed by atoms with Crippen molar-refractivity contribution in [2.75, 3.05) is 5.32 Å². The predicted molar refractivity (Wildman–Crippen MR) is 93.2 cm³/mol. The number of anilines is 1. The largest absolute Gasteiger partial charge is 0.332 e. The lowest BCUT2D eigenvalue weighted by Crippen LogP contribution is -2.43. The van der Waals surface area contributed by atoms with Gasteiger partial charge < -0.3 is 5.32 Å². The highest BCUT2D eigenvalue weighted by atomic mass is 32.1. The van der Waals surface area contributed by atoms with Gasteiger partial charge in [0.25, 0.3) is 5.91 Å². The van der Waals surface area contributed by atoms with Gasteiger partial charge in [0.2, 0.25) is 0 Å². The normalized spacial score (nSPS) is 13.6. The Hall–Kier alpha value is -2.20. The highest BCUT2D eigenvalue weighted by Gasteiger charge is 2.27. The number of amides is 1. The molecule has 0 saturated heterocycles. The van der Waals surface area contributed by atoms with Crippen molar-refractivity contribution in [1.29, 1.82) is 0 Å². The maximum absolute atomic E-state index is 13.0. The molecule has 0 radical (unpaired) electrons. The molecular weight excluding hydrogens is 292 g/mol. The van der Waals surface area contributed by atoms with E-state index < -0.39 is 0 Å². The lowest BCUT2D eigenvalue weighted by molar-refractivity contribution is 0.0839. The van der Waals surface area contributed by atoms with Crippen molar-refractivity contribution in [2.45, 2.75) is 27.3 Å². The summed E-state index contributed by atoms with van der Waals surface area (Å²) in [5.74, 6) is -0.0398. The van der Waals surface area contributed by atoms with Crippen molar-refractivity contribution in [3.63, 3.8) is 0 Å². The minimum atomic E-state index is -0.0398. The van der Waals surface area contributed by atoms with Crippen LogP contribution in [0.25, 0.3) is 0 Å². The third-order valence-electron chi connectivity index (χ3n) is 3.97. The number of nitrogens with one attached hydrogen (secondary N) is 1. The van der Waals surface area contributed by atoms with Crippen LogP contribution in [0.2, 0.25) is 0 Å². The van der Waals surface area contributed by atoms with Crippen LogP contribution in [0.5, 0.6) is 0 Å². The second kappa shape index (κ2) is 5.54. The Balaban J connectivity index is 1.99. The topological polar surface area (TPSA) is 32.3 Å². The molecular formula is C18H18N2OS. The molecule has 3 rings (SSSR count). The molecule has 0 unspecified atom stereocenters. The molecule has 0 spiro atoms. The van der Waals surface area contributed by atoms with E-state index in [1.807, 2.05) is 57.2 Å². The smallest absolute Gasteiger partial charge is 0.260 e. The Labute approximate surface area is 136 Å². The first-order valence-corrected chi connectivity index (χ1v) is 7.67. The summed E-state index contributed by atoms with van der Waals surface area (Å²) >= 11 is 5.39. The molecule has 4 heteroatoms. The summed E-state index contributed by atoms with van der Waals surface area (Å²) in [5.41, 5.74) is 5.94. The summed E-state index contributed by atoms with van der Waals surface area (Å²) < 4.78 is 0. The molecule has 1 aliphatic rings. The zero-order chi connectivity index (χ0) is 15.9. The number of carbonyl (C=O) groups excluding carboxylic acids is 1. The lowest BCUT2D eigenvalue weighted by Gasteiger charge is -2.31. The third-order valence-corrected chi connectivity index (χ3v) is 4.29. The molecule has 3 nitrogen and oxygen atoms in total. The van der Waals surface area contributed by atoms with E-state index in [1.165, 1.54) is 0 Å². The number of carbonyl (C=O) groups is 1. The van der Waals surface area contributed by atoms with E-state index >= 15 is 0 Å². The molecule has 1 N–H and O–H groups in total. The number of para-hydroxylation sites is 1. The van der Waals surface area contributed by atoms with Crippen molar-refractivity contribution in [1.82, 2.24) is 4.90 Å². The highest BCUT2D eigenvalue weighted by molar-refractivity contribution is 7.80. The minimum Gasteiger partial charge on any atom is -0.332 e. The number of fused-ring (bicyclic) bond motifs is 1. The van der Waals surface area contributed by atoms with E-state index in [9.17, 15) is 4.79 Å². The fraction of sp³-hybridized carbons (Fsp3) is 0.222. The quantitative estimate of drug-likeness (QED) is 0.809. The van der Waals surface area contributed by atoms with Crippen molar-refractivity contribution >= 4 is 28.9 Å². The van der Waals surface area contributed by atoms with Gasteiger partial charge in [-0.05, 0) is 55.7 Å². The van der Waals surface area contributed by atoms with Gasteiger partial charge in [-0.3, -0.25) is 9.69 Å². The summed E-state index contributed by atoms with van der Waals surface area (Å²) in [5, 5.41) is 3.61. The number of hydrogen-bond donors (Lipinski definition) is 1. The molecule has 0 fully saturated rings. The summed E-state index contributed by atoms with van der Waals surface area (Å²) in [6, 6.07) is 12.0. The highest BCUT2D eigenvalue weighted by Crippen LogP contribution is 2.26. The first kappa shape index (κ1) is 14.7. The molecule has 2 aromatic carbocycles. The van der Waals surface area contributed by atoms with E-state index in [-0.39, 0.29) is 5.91 Å². The predicted octanol–water partition coefficient (Wildman–Crippen LogP) is 3.96. The van der Waals surface area contributed by atoms with Crippen molar-refractivity contribution in [2.24, 2.45) is 0 Å². The Morgan fingerprint density at radius 1 is 1.14 bits per heavy atom. The van der Waals surface area contributed by atoms with E-state index in [4.69, 9.17) is 12.2 Å². The molecule has 0 aromatic heterocycles. The summed E-state index contributed by atoms with van der Waals surface area (Å²) in [6.07, 6.45) is 0. The van der Waals surface area contributed by atoms with Gasteiger partial charge in [0.15, 0.2) is 5.11 Å². The van der Waals surface area contributed by atoms with Gasteiger partial charge in [0.05, 0.1) is 6.54 Å². The zero-order valence-corrected chi connectivity index (χ0v) is 13.8. The van der Waals surface area contributed by atoms with Gasteiger partial charge in [-0.25, -0.2) is 0 Å². The average Bonchev–Trinajstić information content (AvgIpc) is 2.45. The Morgan fingerprint density at radius 2 is 1.77 bits per heavy atom. The van der Waals surface area contributed by atoms with Crippen LogP contribution < -0.4 is 5.32 Å². The number of nitrogens with zero attached hydrogens (tertiary/aromatic N) is 1. The number of benzene rings is 2. The van der Waals surface area contributed by atoms with Crippen LogP contribution in [0.4, 0.5) is 5.69 Å². The SMILES string of the molecule is Cc1cc(C)c(C(=O)N2Cc3ccccc3NC2=S)c(C)c1. The maximum atomic E-state index is 13.0. The first-order chi connectivity index (χ1) is 10.5. The summed E-state index contributed by atoms with van der Waals surface area (Å²) in [7, 11) is 0. The van der Waals surface area contributed by atoms with E-state index in [1.54, 1.807) is 4.90 Å². The maximum Gasteiger partial charge on any atom is 0.260 e. The third kappa shape index (κ3) is 2.50. The summed E-state index contributed by atoms with van der Waals surface area (Å²) in [4.78, 5) is 14.6. The Morgan fingerprint density at radius 3 is 2.45 bits per heavy atom. The van der Waals surface area contributed by atoms with Gasteiger partial charge in [-0.2, -0.15) is 0 Å². The molecule has 2 aromatic rings. The van der Waals surface area contributed by atoms with Crippen molar-refractivity contribution in [3.05, 3.63) is 64.2 Å². The van der Waals surface area contributed by atoms with Crippen LogP contribution in [0.1, 0.15) is 32.6 Å². The average molecular weight is 310 g/mol. The summed E-state index contributed by atoms with van der Waals surface area (Å²) in [6.45, 7) is 6.49. The second-order valence-electron chi connectivity index (χ2n) is 5.75. The monoisotopic (exact) mass is 310 g/mol. The van der Waals surface area contributed by atoms with Gasteiger partial charge in [0.1, 0.15) is 0 Å². The fourth-order valence-corrected chi connectivity index (χ4v) is 3.28. The lowest BCUT2D eigenvalue weighted by atomic mass is 9.98. The molecule has 22 heavy (non-hydrogen) atoms. The molecule has 0 bridgehead atoms. The fourth-order valence-electron chi connectivity index (χ4n) is 3.02. The van der Waals surface area contributed by atoms with Crippen LogP contribution in [-0.4, -0.2) is 15.9 Å². The van der Waals surface area contributed by atoms with Crippen LogP contribution >= 0.6 is 12.2 Å². The van der Waals surface area contributed by atoms with Gasteiger partial charge >= 0.3 is 0 Å². The molecule has 0 saturated carbocycles. The molecule has 1 aliphatic heterocycles. The van der Waals surface area contributed by atoms with Crippen LogP contribution in [0.15, 0.2) is 36.4 Å². The standard InChI is InChI=1S/C18H18N2OS/c1-11-8-12(2)16(13(3)9-11)17(21)20-10-14-6-4-5-7-15(14)19-18(20)22/h4-9H,10H2,1-3H3,(H,19,22). The molecule has 0 atom stereocenters. The second-order valence-corrected chi connectivity index (χ2v) is 6.14.